The van der Waals surface area contributed by atoms with Crippen LogP contribution in [0.5, 0.6) is 0 Å². The molecule has 1 saturated heterocycles. The molecule has 1 aliphatic heterocycles. The Morgan fingerprint density at radius 3 is 2.36 bits per heavy atom. The fourth-order valence-electron chi connectivity index (χ4n) is 3.58. The molecule has 2 N–H and O–H groups in total. The van der Waals surface area contributed by atoms with E-state index in [1.54, 1.807) is 0 Å². The van der Waals surface area contributed by atoms with Gasteiger partial charge in [0, 0.05) is 0 Å². The molecule has 1 aromatic heterocycles. The van der Waals surface area contributed by atoms with E-state index in [2.05, 4.69) is 41.6 Å². The van der Waals surface area contributed by atoms with E-state index in [0.29, 0.717) is 6.54 Å². The van der Waals surface area contributed by atoms with Crippen LogP contribution in [0.25, 0.3) is 5.69 Å². The van der Waals surface area contributed by atoms with Gasteiger partial charge in [-0.25, -0.2) is 4.68 Å². The van der Waals surface area contributed by atoms with E-state index in [1.807, 2.05) is 18.5 Å². The lowest BCUT2D eigenvalue weighted by Crippen LogP contribution is -3.12. The fraction of sp³-hybridized carbons (Fsp3) is 0.500. The number of carbonyl (C=O) groups excluding carboxylic acids is 1. The van der Waals surface area contributed by atoms with Gasteiger partial charge in [-0.1, -0.05) is 17.7 Å². The van der Waals surface area contributed by atoms with Crippen molar-refractivity contribution < 1.29 is 9.69 Å². The second-order valence-electron chi connectivity index (χ2n) is 7.18. The number of rotatable bonds is 4. The number of likely N-dealkylation sites (tertiary alicyclic amines) is 1. The molecule has 0 unspecified atom stereocenters. The number of hydrogen-bond donors (Lipinski definition) is 2. The molecule has 2 aromatic rings. The third kappa shape index (κ3) is 4.28. The molecule has 134 valence electrons. The lowest BCUT2D eigenvalue weighted by molar-refractivity contribution is -0.890. The minimum atomic E-state index is 0.0894. The van der Waals surface area contributed by atoms with Gasteiger partial charge in [0.1, 0.15) is 0 Å². The van der Waals surface area contributed by atoms with Gasteiger partial charge in [-0.3, -0.25) is 4.79 Å². The fourth-order valence-corrected chi connectivity index (χ4v) is 3.58. The summed E-state index contributed by atoms with van der Waals surface area (Å²) in [5.41, 5.74) is 4.92. The molecule has 0 saturated carbocycles. The molecule has 25 heavy (non-hydrogen) atoms. The van der Waals surface area contributed by atoms with Crippen LogP contribution in [0.2, 0.25) is 0 Å². The van der Waals surface area contributed by atoms with Crippen molar-refractivity contribution in [2.24, 2.45) is 0 Å². The molecular formula is C20H29N4O+. The molecule has 0 radical (unpaired) electrons. The number of benzene rings is 1. The van der Waals surface area contributed by atoms with Crippen LogP contribution in [0, 0.1) is 20.8 Å². The molecule has 0 spiro atoms. The van der Waals surface area contributed by atoms with Gasteiger partial charge in [-0.05, 0) is 58.6 Å². The van der Waals surface area contributed by atoms with Gasteiger partial charge in [-0.2, -0.15) is 5.10 Å². The molecule has 1 amide bonds. The number of hydrogen-bond acceptors (Lipinski definition) is 2. The average molecular weight is 341 g/mol. The largest absolute Gasteiger partial charge is 0.327 e. The van der Waals surface area contributed by atoms with E-state index in [-0.39, 0.29) is 5.91 Å². The summed E-state index contributed by atoms with van der Waals surface area (Å²) in [5.74, 6) is 0.0894. The standard InChI is InChI=1S/C20H28N4O/c1-15-8-10-18(11-9-15)24-17(3)20(16(2)22-24)21-19(25)14-23-12-6-4-5-7-13-23/h8-11H,4-7,12-14H2,1-3H3,(H,21,25)/p+1. The van der Waals surface area contributed by atoms with Crippen molar-refractivity contribution in [3.63, 3.8) is 0 Å². The summed E-state index contributed by atoms with van der Waals surface area (Å²) in [6.07, 6.45) is 5.05. The van der Waals surface area contributed by atoms with E-state index in [9.17, 15) is 4.79 Å². The first-order valence-electron chi connectivity index (χ1n) is 9.31. The molecule has 0 aliphatic carbocycles. The van der Waals surface area contributed by atoms with Crippen molar-refractivity contribution in [1.29, 1.82) is 0 Å². The second kappa shape index (κ2) is 7.83. The van der Waals surface area contributed by atoms with Crippen molar-refractivity contribution in [2.45, 2.75) is 46.5 Å². The maximum absolute atomic E-state index is 12.5. The molecule has 5 nitrogen and oxygen atoms in total. The molecule has 3 rings (SSSR count). The second-order valence-corrected chi connectivity index (χ2v) is 7.18. The number of aryl methyl sites for hydroxylation is 2. The molecule has 0 bridgehead atoms. The predicted molar refractivity (Wildman–Crippen MR) is 100 cm³/mol. The Morgan fingerprint density at radius 1 is 1.08 bits per heavy atom. The first kappa shape index (κ1) is 17.7. The molecule has 0 atom stereocenters. The van der Waals surface area contributed by atoms with Crippen molar-refractivity contribution in [3.8, 4) is 5.69 Å². The van der Waals surface area contributed by atoms with E-state index in [0.717, 1.165) is 35.9 Å². The molecule has 1 aliphatic rings. The summed E-state index contributed by atoms with van der Waals surface area (Å²) >= 11 is 0. The number of nitrogens with zero attached hydrogens (tertiary/aromatic N) is 2. The minimum Gasteiger partial charge on any atom is -0.327 e. The lowest BCUT2D eigenvalue weighted by atomic mass is 10.2. The molecule has 2 heterocycles. The van der Waals surface area contributed by atoms with E-state index >= 15 is 0 Å². The minimum absolute atomic E-state index is 0.0894. The van der Waals surface area contributed by atoms with Crippen molar-refractivity contribution in [1.82, 2.24) is 9.78 Å². The topological polar surface area (TPSA) is 51.4 Å². The highest BCUT2D eigenvalue weighted by molar-refractivity contribution is 5.92. The van der Waals surface area contributed by atoms with Crippen LogP contribution in [0.3, 0.4) is 0 Å². The Morgan fingerprint density at radius 2 is 1.72 bits per heavy atom. The summed E-state index contributed by atoms with van der Waals surface area (Å²) in [5, 5.41) is 7.72. The maximum Gasteiger partial charge on any atom is 0.279 e. The molecule has 1 aromatic carbocycles. The third-order valence-electron chi connectivity index (χ3n) is 5.06. The summed E-state index contributed by atoms with van der Waals surface area (Å²) < 4.78 is 1.91. The van der Waals surface area contributed by atoms with Gasteiger partial charge in [0.25, 0.3) is 5.91 Å². The zero-order chi connectivity index (χ0) is 17.8. The lowest BCUT2D eigenvalue weighted by Gasteiger charge is -2.16. The van der Waals surface area contributed by atoms with Gasteiger partial charge < -0.3 is 10.2 Å². The van der Waals surface area contributed by atoms with Crippen LogP contribution in [-0.2, 0) is 4.79 Å². The number of carbonyl (C=O) groups is 1. The molecular weight excluding hydrogens is 312 g/mol. The van der Waals surface area contributed by atoms with Crippen molar-refractivity contribution >= 4 is 11.6 Å². The summed E-state index contributed by atoms with van der Waals surface area (Å²) in [6, 6.07) is 8.27. The Hall–Kier alpha value is -2.14. The quantitative estimate of drug-likeness (QED) is 0.896. The molecule has 5 heteroatoms. The highest BCUT2D eigenvalue weighted by atomic mass is 16.2. The van der Waals surface area contributed by atoms with Crippen LogP contribution >= 0.6 is 0 Å². The van der Waals surface area contributed by atoms with Crippen LogP contribution in [0.4, 0.5) is 5.69 Å². The summed E-state index contributed by atoms with van der Waals surface area (Å²) in [6.45, 7) is 8.79. The van der Waals surface area contributed by atoms with Crippen LogP contribution in [-0.4, -0.2) is 35.3 Å². The van der Waals surface area contributed by atoms with E-state index in [1.165, 1.54) is 36.1 Å². The average Bonchev–Trinajstić information content (AvgIpc) is 2.78. The predicted octanol–water partition coefficient (Wildman–Crippen LogP) is 2.19. The first-order chi connectivity index (χ1) is 12.0. The zero-order valence-corrected chi connectivity index (χ0v) is 15.6. The van der Waals surface area contributed by atoms with Crippen molar-refractivity contribution in [2.75, 3.05) is 25.0 Å². The highest BCUT2D eigenvalue weighted by Crippen LogP contribution is 2.22. The maximum atomic E-state index is 12.5. The first-order valence-corrected chi connectivity index (χ1v) is 9.31. The normalized spacial score (nSPS) is 15.8. The Kier molecular flexibility index (Phi) is 5.53. The van der Waals surface area contributed by atoms with E-state index < -0.39 is 0 Å². The highest BCUT2D eigenvalue weighted by Gasteiger charge is 2.19. The van der Waals surface area contributed by atoms with Gasteiger partial charge in [0.2, 0.25) is 0 Å². The summed E-state index contributed by atoms with van der Waals surface area (Å²) in [4.78, 5) is 13.9. The number of nitrogens with one attached hydrogen (secondary N) is 2. The van der Waals surface area contributed by atoms with Crippen LogP contribution in [0.15, 0.2) is 24.3 Å². The van der Waals surface area contributed by atoms with E-state index in [4.69, 9.17) is 0 Å². The van der Waals surface area contributed by atoms with Gasteiger partial charge >= 0.3 is 0 Å². The number of aromatic nitrogens is 2. The number of quaternary nitrogens is 1. The van der Waals surface area contributed by atoms with Gasteiger partial charge in [0.15, 0.2) is 6.54 Å². The monoisotopic (exact) mass is 341 g/mol. The molecule has 1 fully saturated rings. The third-order valence-corrected chi connectivity index (χ3v) is 5.06. The Bertz CT molecular complexity index is 725. The van der Waals surface area contributed by atoms with Crippen LogP contribution in [0.1, 0.15) is 42.6 Å². The summed E-state index contributed by atoms with van der Waals surface area (Å²) in [7, 11) is 0. The SMILES string of the molecule is Cc1ccc(-n2nc(C)c(NC(=O)C[NH+]3CCCCCC3)c2C)cc1. The van der Waals surface area contributed by atoms with Gasteiger partial charge in [0.05, 0.1) is 35.9 Å². The number of anilines is 1. The van der Waals surface area contributed by atoms with Crippen molar-refractivity contribution in [3.05, 3.63) is 41.2 Å². The Balaban J connectivity index is 1.72. The number of amides is 1. The zero-order valence-electron chi connectivity index (χ0n) is 15.6. The van der Waals surface area contributed by atoms with Gasteiger partial charge in [-0.15, -0.1) is 0 Å². The Labute approximate surface area is 150 Å². The van der Waals surface area contributed by atoms with Crippen LogP contribution < -0.4 is 10.2 Å². The smallest absolute Gasteiger partial charge is 0.279 e.